The smallest absolute Gasteiger partial charge is 0.227 e. The van der Waals surface area contributed by atoms with E-state index in [0.29, 0.717) is 38.4 Å². The van der Waals surface area contributed by atoms with Crippen LogP contribution in [0.5, 0.6) is 0 Å². The van der Waals surface area contributed by atoms with Crippen LogP contribution in [0.4, 0.5) is 5.00 Å². The Labute approximate surface area is 138 Å². The van der Waals surface area contributed by atoms with Gasteiger partial charge in [-0.1, -0.05) is 11.6 Å². The minimum absolute atomic E-state index is 0.0285. The van der Waals surface area contributed by atoms with Crippen molar-refractivity contribution in [2.75, 3.05) is 44.3 Å². The van der Waals surface area contributed by atoms with Crippen molar-refractivity contribution in [1.29, 1.82) is 5.26 Å². The fourth-order valence-corrected chi connectivity index (χ4v) is 4.04. The lowest BCUT2D eigenvalue weighted by atomic mass is 9.96. The maximum absolute atomic E-state index is 12.6. The highest BCUT2D eigenvalue weighted by atomic mass is 35.5. The van der Waals surface area contributed by atoms with Gasteiger partial charge in [-0.25, -0.2) is 0 Å². The number of nitrogens with zero attached hydrogens (tertiary/aromatic N) is 4. The van der Waals surface area contributed by atoms with E-state index in [1.165, 1.54) is 11.5 Å². The first-order valence-electron chi connectivity index (χ1n) is 7.37. The zero-order valence-electron chi connectivity index (χ0n) is 12.1. The molecule has 0 radical (unpaired) electrons. The fourth-order valence-electron chi connectivity index (χ4n) is 2.98. The van der Waals surface area contributed by atoms with Crippen LogP contribution in [0.25, 0.3) is 0 Å². The molecule has 1 unspecified atom stereocenters. The number of nitriles is 1. The second-order valence-corrected chi connectivity index (χ2v) is 6.60. The number of carbonyl (C=O) groups excluding carboxylic acids is 1. The summed E-state index contributed by atoms with van der Waals surface area (Å²) in [6.07, 6.45) is 1.82. The molecule has 6 nitrogen and oxygen atoms in total. The van der Waals surface area contributed by atoms with Crippen molar-refractivity contribution in [2.24, 2.45) is 5.92 Å². The second kappa shape index (κ2) is 6.82. The highest BCUT2D eigenvalue weighted by Crippen LogP contribution is 2.34. The Morgan fingerprint density at radius 2 is 2.18 bits per heavy atom. The topological polar surface area (TPSA) is 69.5 Å². The predicted molar refractivity (Wildman–Crippen MR) is 84.2 cm³/mol. The molecule has 0 bridgehead atoms. The van der Waals surface area contributed by atoms with Gasteiger partial charge in [-0.05, 0) is 24.4 Å². The van der Waals surface area contributed by atoms with Gasteiger partial charge in [0.2, 0.25) is 5.91 Å². The van der Waals surface area contributed by atoms with Crippen molar-refractivity contribution in [3.63, 3.8) is 0 Å². The Bertz CT molecular complexity index is 594. The van der Waals surface area contributed by atoms with Crippen LogP contribution in [-0.4, -0.2) is 54.6 Å². The van der Waals surface area contributed by atoms with Crippen molar-refractivity contribution in [3.8, 4) is 6.07 Å². The minimum Gasteiger partial charge on any atom is -0.378 e. The quantitative estimate of drug-likeness (QED) is 0.820. The molecule has 22 heavy (non-hydrogen) atoms. The van der Waals surface area contributed by atoms with Crippen LogP contribution in [0, 0.1) is 17.2 Å². The van der Waals surface area contributed by atoms with Gasteiger partial charge in [-0.15, -0.1) is 0 Å². The number of anilines is 1. The van der Waals surface area contributed by atoms with Gasteiger partial charge in [0, 0.05) is 26.2 Å². The van der Waals surface area contributed by atoms with Crippen LogP contribution in [-0.2, 0) is 9.53 Å². The van der Waals surface area contributed by atoms with E-state index in [-0.39, 0.29) is 17.0 Å². The number of amides is 1. The Kier molecular flexibility index (Phi) is 4.81. The monoisotopic (exact) mass is 340 g/mol. The molecule has 1 aromatic rings. The second-order valence-electron chi connectivity index (χ2n) is 5.49. The van der Waals surface area contributed by atoms with Crippen LogP contribution in [0.15, 0.2) is 0 Å². The molecule has 2 aliphatic heterocycles. The molecule has 0 saturated carbocycles. The van der Waals surface area contributed by atoms with Gasteiger partial charge < -0.3 is 14.5 Å². The van der Waals surface area contributed by atoms with Crippen molar-refractivity contribution >= 4 is 34.0 Å². The normalized spacial score (nSPS) is 22.5. The van der Waals surface area contributed by atoms with Gasteiger partial charge in [0.05, 0.1) is 19.1 Å². The van der Waals surface area contributed by atoms with Gasteiger partial charge in [-0.3, -0.25) is 4.79 Å². The van der Waals surface area contributed by atoms with Crippen LogP contribution in [0.1, 0.15) is 18.4 Å². The molecule has 2 saturated heterocycles. The number of carbonyl (C=O) groups is 1. The van der Waals surface area contributed by atoms with Crippen LogP contribution in [0.2, 0.25) is 5.15 Å². The van der Waals surface area contributed by atoms with E-state index < -0.39 is 0 Å². The van der Waals surface area contributed by atoms with Crippen LogP contribution in [0.3, 0.4) is 0 Å². The van der Waals surface area contributed by atoms with E-state index in [9.17, 15) is 10.1 Å². The maximum atomic E-state index is 12.6. The minimum atomic E-state index is -0.0285. The zero-order chi connectivity index (χ0) is 15.5. The molecular formula is C14H17ClN4O2S. The van der Waals surface area contributed by atoms with E-state index in [1.54, 1.807) is 0 Å². The molecule has 1 aromatic heterocycles. The standard InChI is InChI=1S/C14H17ClN4O2S/c15-12-11(8-16)14(22-17-12)19-3-1-2-10(9-19)13(20)18-4-6-21-7-5-18/h10H,1-7,9H2. The molecule has 1 atom stereocenters. The molecule has 2 fully saturated rings. The first kappa shape index (κ1) is 15.5. The molecule has 0 aromatic carbocycles. The first-order chi connectivity index (χ1) is 10.7. The maximum Gasteiger partial charge on any atom is 0.227 e. The van der Waals surface area contributed by atoms with Crippen molar-refractivity contribution in [2.45, 2.75) is 12.8 Å². The number of hydrogen-bond acceptors (Lipinski definition) is 6. The lowest BCUT2D eigenvalue weighted by molar-refractivity contribution is -0.139. The molecule has 3 heterocycles. The summed E-state index contributed by atoms with van der Waals surface area (Å²) in [6, 6.07) is 2.11. The summed E-state index contributed by atoms with van der Waals surface area (Å²) in [7, 11) is 0. The summed E-state index contributed by atoms with van der Waals surface area (Å²) in [4.78, 5) is 16.6. The summed E-state index contributed by atoms with van der Waals surface area (Å²) in [5, 5.41) is 10.3. The molecule has 118 valence electrons. The molecule has 2 aliphatic rings. The van der Waals surface area contributed by atoms with E-state index in [0.717, 1.165) is 24.4 Å². The molecule has 0 N–H and O–H groups in total. The van der Waals surface area contributed by atoms with Crippen molar-refractivity contribution in [3.05, 3.63) is 10.7 Å². The Hall–Kier alpha value is -1.36. The van der Waals surface area contributed by atoms with Gasteiger partial charge in [0.15, 0.2) is 5.15 Å². The molecule has 1 amide bonds. The third-order valence-electron chi connectivity index (χ3n) is 4.12. The summed E-state index contributed by atoms with van der Waals surface area (Å²) in [5.74, 6) is 0.168. The van der Waals surface area contributed by atoms with Crippen LogP contribution >= 0.6 is 23.1 Å². The molecule has 0 spiro atoms. The lowest BCUT2D eigenvalue weighted by Gasteiger charge is -2.36. The fraction of sp³-hybridized carbons (Fsp3) is 0.643. The summed E-state index contributed by atoms with van der Waals surface area (Å²) >= 11 is 7.18. The van der Waals surface area contributed by atoms with Gasteiger partial charge in [0.25, 0.3) is 0 Å². The summed E-state index contributed by atoms with van der Waals surface area (Å²) in [5.41, 5.74) is 0.422. The summed E-state index contributed by atoms with van der Waals surface area (Å²) < 4.78 is 9.35. The molecule has 0 aliphatic carbocycles. The number of halogens is 1. The zero-order valence-corrected chi connectivity index (χ0v) is 13.7. The number of morpholine rings is 1. The van der Waals surface area contributed by atoms with Gasteiger partial charge in [0.1, 0.15) is 16.6 Å². The third-order valence-corrected chi connectivity index (χ3v) is 5.41. The predicted octanol–water partition coefficient (Wildman–Crippen LogP) is 1.74. The van der Waals surface area contributed by atoms with Crippen molar-refractivity contribution in [1.82, 2.24) is 9.27 Å². The third kappa shape index (κ3) is 3.05. The molecular weight excluding hydrogens is 324 g/mol. The van der Waals surface area contributed by atoms with E-state index in [2.05, 4.69) is 15.3 Å². The highest BCUT2D eigenvalue weighted by Gasteiger charge is 2.32. The van der Waals surface area contributed by atoms with E-state index >= 15 is 0 Å². The number of hydrogen-bond donors (Lipinski definition) is 0. The average molecular weight is 341 g/mol. The Morgan fingerprint density at radius 3 is 2.91 bits per heavy atom. The van der Waals surface area contributed by atoms with Crippen molar-refractivity contribution < 1.29 is 9.53 Å². The molecule has 3 rings (SSSR count). The average Bonchev–Trinajstić information content (AvgIpc) is 2.96. The van der Waals surface area contributed by atoms with E-state index in [4.69, 9.17) is 16.3 Å². The van der Waals surface area contributed by atoms with Crippen LogP contribution < -0.4 is 4.90 Å². The largest absolute Gasteiger partial charge is 0.378 e. The first-order valence-corrected chi connectivity index (χ1v) is 8.52. The van der Waals surface area contributed by atoms with Gasteiger partial charge in [-0.2, -0.15) is 9.64 Å². The number of ether oxygens (including phenoxy) is 1. The lowest BCUT2D eigenvalue weighted by Crippen LogP contribution is -2.48. The number of rotatable bonds is 2. The van der Waals surface area contributed by atoms with E-state index in [1.807, 2.05) is 4.90 Å². The Morgan fingerprint density at radius 1 is 1.41 bits per heavy atom. The molecule has 8 heteroatoms. The SMILES string of the molecule is N#Cc1c(Cl)nsc1N1CCCC(C(=O)N2CCOCC2)C1. The summed E-state index contributed by atoms with van der Waals surface area (Å²) in [6.45, 7) is 4.04. The number of piperidine rings is 1. The highest BCUT2D eigenvalue weighted by molar-refractivity contribution is 7.10. The Balaban J connectivity index is 1.71. The van der Waals surface area contributed by atoms with Gasteiger partial charge >= 0.3 is 0 Å². The number of aromatic nitrogens is 1.